The maximum atomic E-state index is 12.2. The summed E-state index contributed by atoms with van der Waals surface area (Å²) in [6.45, 7) is -1.26. The van der Waals surface area contributed by atoms with Crippen LogP contribution in [0.1, 0.15) is 16.1 Å². The van der Waals surface area contributed by atoms with E-state index in [1.54, 1.807) is 4.98 Å². The molecule has 9 heteroatoms. The lowest BCUT2D eigenvalue weighted by Gasteiger charge is -2.11. The SMILES string of the molecule is O=C(O)c1c(OC(F)(F)F)cc(CF)[nH]c1=O. The van der Waals surface area contributed by atoms with Crippen LogP contribution in [0.5, 0.6) is 5.75 Å². The van der Waals surface area contributed by atoms with E-state index in [0.29, 0.717) is 6.07 Å². The molecule has 0 aliphatic rings. The molecule has 0 atom stereocenters. The minimum Gasteiger partial charge on any atom is -0.477 e. The minimum absolute atomic E-state index is 0.471. The van der Waals surface area contributed by atoms with Gasteiger partial charge in [0.2, 0.25) is 0 Å². The largest absolute Gasteiger partial charge is 0.573 e. The van der Waals surface area contributed by atoms with E-state index >= 15 is 0 Å². The van der Waals surface area contributed by atoms with E-state index in [1.807, 2.05) is 0 Å². The summed E-state index contributed by atoms with van der Waals surface area (Å²) in [6.07, 6.45) is -5.18. The van der Waals surface area contributed by atoms with Crippen LogP contribution in [0.4, 0.5) is 17.6 Å². The fourth-order valence-corrected chi connectivity index (χ4v) is 1.07. The molecule has 2 N–H and O–H groups in total. The number of H-pyrrole nitrogens is 1. The van der Waals surface area contributed by atoms with E-state index in [0.717, 1.165) is 0 Å². The Morgan fingerprint density at radius 1 is 1.47 bits per heavy atom. The average Bonchev–Trinajstić information content (AvgIpc) is 2.13. The van der Waals surface area contributed by atoms with Crippen LogP contribution in [0.15, 0.2) is 10.9 Å². The number of nitrogens with one attached hydrogen (secondary N) is 1. The van der Waals surface area contributed by atoms with Gasteiger partial charge in [-0.2, -0.15) is 0 Å². The second kappa shape index (κ2) is 4.44. The maximum absolute atomic E-state index is 12.2. The summed E-state index contributed by atoms with van der Waals surface area (Å²) >= 11 is 0. The first-order valence-corrected chi connectivity index (χ1v) is 4.06. The zero-order chi connectivity index (χ0) is 13.2. The number of carboxylic acids is 1. The van der Waals surface area contributed by atoms with Crippen molar-refractivity contribution in [3.05, 3.63) is 27.7 Å². The van der Waals surface area contributed by atoms with Crippen LogP contribution in [0.2, 0.25) is 0 Å². The first-order valence-electron chi connectivity index (χ1n) is 4.06. The van der Waals surface area contributed by atoms with Gasteiger partial charge in [0.05, 0.1) is 5.69 Å². The van der Waals surface area contributed by atoms with Gasteiger partial charge in [0.15, 0.2) is 11.3 Å². The number of aromatic amines is 1. The standard InChI is InChI=1S/C8H5F4NO4/c9-2-3-1-4(17-8(10,11)12)5(7(15)16)6(14)13-3/h1H,2H2,(H,13,14)(H,15,16). The molecule has 5 nitrogen and oxygen atoms in total. The second-order valence-electron chi connectivity index (χ2n) is 2.85. The van der Waals surface area contributed by atoms with E-state index in [9.17, 15) is 27.2 Å². The van der Waals surface area contributed by atoms with Crippen LogP contribution in [0.25, 0.3) is 0 Å². The fourth-order valence-electron chi connectivity index (χ4n) is 1.07. The number of rotatable bonds is 3. The van der Waals surface area contributed by atoms with Crippen LogP contribution in [0, 0.1) is 0 Å². The Morgan fingerprint density at radius 3 is 2.47 bits per heavy atom. The Labute approximate surface area is 90.6 Å². The van der Waals surface area contributed by atoms with Crippen molar-refractivity contribution >= 4 is 5.97 Å². The minimum atomic E-state index is -5.18. The molecule has 0 aromatic carbocycles. The average molecular weight is 255 g/mol. The molecule has 1 heterocycles. The molecule has 1 aromatic rings. The van der Waals surface area contributed by atoms with E-state index < -0.39 is 41.6 Å². The molecule has 0 saturated carbocycles. The summed E-state index contributed by atoms with van der Waals surface area (Å²) in [5.41, 5.74) is -3.12. The van der Waals surface area contributed by atoms with Gasteiger partial charge in [-0.25, -0.2) is 9.18 Å². The maximum Gasteiger partial charge on any atom is 0.573 e. The van der Waals surface area contributed by atoms with Gasteiger partial charge in [0, 0.05) is 6.07 Å². The van der Waals surface area contributed by atoms with Crippen molar-refractivity contribution in [1.82, 2.24) is 4.98 Å². The number of pyridine rings is 1. The highest BCUT2D eigenvalue weighted by atomic mass is 19.4. The monoisotopic (exact) mass is 255 g/mol. The molecule has 0 fully saturated rings. The molecular formula is C8H5F4NO4. The number of carboxylic acid groups (broad SMARTS) is 1. The number of hydrogen-bond acceptors (Lipinski definition) is 3. The molecule has 94 valence electrons. The zero-order valence-electron chi connectivity index (χ0n) is 7.97. The Kier molecular flexibility index (Phi) is 3.39. The van der Waals surface area contributed by atoms with Crippen LogP contribution < -0.4 is 10.3 Å². The molecule has 0 saturated heterocycles. The Hall–Kier alpha value is -2.06. The fraction of sp³-hybridized carbons (Fsp3) is 0.250. The van der Waals surface area contributed by atoms with Gasteiger partial charge in [-0.05, 0) is 0 Å². The van der Waals surface area contributed by atoms with E-state index in [-0.39, 0.29) is 0 Å². The number of aromatic carboxylic acids is 1. The number of alkyl halides is 4. The molecule has 1 aromatic heterocycles. The predicted molar refractivity (Wildman–Crippen MR) is 45.5 cm³/mol. The van der Waals surface area contributed by atoms with Crippen molar-refractivity contribution in [2.24, 2.45) is 0 Å². The van der Waals surface area contributed by atoms with Crippen LogP contribution in [-0.2, 0) is 6.67 Å². The molecule has 0 spiro atoms. The molecular weight excluding hydrogens is 250 g/mol. The number of aromatic nitrogens is 1. The summed E-state index contributed by atoms with van der Waals surface area (Å²) in [5.74, 6) is -3.16. The van der Waals surface area contributed by atoms with Crippen molar-refractivity contribution in [2.45, 2.75) is 13.0 Å². The van der Waals surface area contributed by atoms with Gasteiger partial charge in [-0.1, -0.05) is 0 Å². The second-order valence-corrected chi connectivity index (χ2v) is 2.85. The molecule has 1 rings (SSSR count). The van der Waals surface area contributed by atoms with Crippen LogP contribution >= 0.6 is 0 Å². The Morgan fingerprint density at radius 2 is 2.06 bits per heavy atom. The normalized spacial score (nSPS) is 11.3. The zero-order valence-corrected chi connectivity index (χ0v) is 7.97. The Balaban J connectivity index is 3.38. The van der Waals surface area contributed by atoms with E-state index in [1.165, 1.54) is 0 Å². The smallest absolute Gasteiger partial charge is 0.477 e. The molecule has 0 unspecified atom stereocenters. The highest BCUT2D eigenvalue weighted by molar-refractivity contribution is 5.90. The third-order valence-electron chi connectivity index (χ3n) is 1.64. The van der Waals surface area contributed by atoms with Gasteiger partial charge >= 0.3 is 12.3 Å². The van der Waals surface area contributed by atoms with Crippen molar-refractivity contribution in [3.8, 4) is 5.75 Å². The number of halogens is 4. The van der Waals surface area contributed by atoms with Crippen molar-refractivity contribution < 1.29 is 32.2 Å². The highest BCUT2D eigenvalue weighted by Gasteiger charge is 2.34. The molecule has 0 aliphatic carbocycles. The summed E-state index contributed by atoms with van der Waals surface area (Å²) < 4.78 is 51.3. The summed E-state index contributed by atoms with van der Waals surface area (Å²) in [4.78, 5) is 23.4. The first-order chi connectivity index (χ1) is 7.74. The Bertz CT molecular complexity index is 493. The van der Waals surface area contributed by atoms with E-state index in [2.05, 4.69) is 4.74 Å². The van der Waals surface area contributed by atoms with Gasteiger partial charge < -0.3 is 14.8 Å². The van der Waals surface area contributed by atoms with Gasteiger partial charge in [-0.3, -0.25) is 4.79 Å². The third kappa shape index (κ3) is 3.20. The quantitative estimate of drug-likeness (QED) is 0.801. The molecule has 0 aliphatic heterocycles. The molecule has 0 radical (unpaired) electrons. The highest BCUT2D eigenvalue weighted by Crippen LogP contribution is 2.25. The first kappa shape index (κ1) is 13.0. The molecule has 0 amide bonds. The van der Waals surface area contributed by atoms with Gasteiger partial charge in [0.25, 0.3) is 5.56 Å². The molecule has 17 heavy (non-hydrogen) atoms. The lowest BCUT2D eigenvalue weighted by molar-refractivity contribution is -0.274. The number of carbonyl (C=O) groups is 1. The summed E-state index contributed by atoms with van der Waals surface area (Å²) in [6, 6.07) is 0.471. The lowest BCUT2D eigenvalue weighted by Crippen LogP contribution is -2.25. The predicted octanol–water partition coefficient (Wildman–Crippen LogP) is 1.44. The van der Waals surface area contributed by atoms with E-state index in [4.69, 9.17) is 5.11 Å². The van der Waals surface area contributed by atoms with Gasteiger partial charge in [0.1, 0.15) is 6.67 Å². The summed E-state index contributed by atoms with van der Waals surface area (Å²) in [7, 11) is 0. The van der Waals surface area contributed by atoms with Crippen molar-refractivity contribution in [2.75, 3.05) is 0 Å². The topological polar surface area (TPSA) is 79.4 Å². The third-order valence-corrected chi connectivity index (χ3v) is 1.64. The lowest BCUT2D eigenvalue weighted by atomic mass is 10.2. The molecule has 0 bridgehead atoms. The van der Waals surface area contributed by atoms with Crippen LogP contribution in [0.3, 0.4) is 0 Å². The van der Waals surface area contributed by atoms with Crippen molar-refractivity contribution in [3.63, 3.8) is 0 Å². The van der Waals surface area contributed by atoms with Gasteiger partial charge in [-0.15, -0.1) is 13.2 Å². The number of ether oxygens (including phenoxy) is 1. The van der Waals surface area contributed by atoms with Crippen LogP contribution in [-0.4, -0.2) is 22.4 Å². The van der Waals surface area contributed by atoms with Crippen molar-refractivity contribution in [1.29, 1.82) is 0 Å². The summed E-state index contributed by atoms with van der Waals surface area (Å²) in [5, 5.41) is 8.55. The number of hydrogen-bond donors (Lipinski definition) is 2.